The average Bonchev–Trinajstić information content (AvgIpc) is 3.00. The number of thiazole rings is 1. The fourth-order valence-corrected chi connectivity index (χ4v) is 3.25. The second-order valence-corrected chi connectivity index (χ2v) is 7.08. The number of hydrogen-bond acceptors (Lipinski definition) is 7. The lowest BCUT2D eigenvalue weighted by Crippen LogP contribution is -2.45. The van der Waals surface area contributed by atoms with E-state index in [0.717, 1.165) is 16.9 Å². The van der Waals surface area contributed by atoms with Crippen molar-refractivity contribution >= 4 is 29.2 Å². The SMILES string of the molecule is COc1ccc(-c2nc(C)c(C(=O)O[C@@H](C(=O)NC(N)=O)C(C)C)s2)cc1. The lowest BCUT2D eigenvalue weighted by Gasteiger charge is -2.19. The highest BCUT2D eigenvalue weighted by atomic mass is 32.1. The van der Waals surface area contributed by atoms with Crippen LogP contribution in [0.3, 0.4) is 0 Å². The number of amides is 3. The minimum atomic E-state index is -1.14. The molecule has 8 nitrogen and oxygen atoms in total. The van der Waals surface area contributed by atoms with Gasteiger partial charge in [0, 0.05) is 5.56 Å². The van der Waals surface area contributed by atoms with Gasteiger partial charge in [-0.15, -0.1) is 11.3 Å². The maximum Gasteiger partial charge on any atom is 0.351 e. The zero-order valence-corrected chi connectivity index (χ0v) is 16.3. The first kappa shape index (κ1) is 20.4. The molecule has 2 rings (SSSR count). The molecule has 0 radical (unpaired) electrons. The summed E-state index contributed by atoms with van der Waals surface area (Å²) in [5, 5.41) is 2.58. The van der Waals surface area contributed by atoms with Gasteiger partial charge >= 0.3 is 12.0 Å². The van der Waals surface area contributed by atoms with Gasteiger partial charge in [0.05, 0.1) is 12.8 Å². The van der Waals surface area contributed by atoms with E-state index in [9.17, 15) is 14.4 Å². The van der Waals surface area contributed by atoms with E-state index in [-0.39, 0.29) is 5.92 Å². The number of rotatable bonds is 6. The molecule has 0 fully saturated rings. The molecule has 2 aromatic rings. The van der Waals surface area contributed by atoms with Crippen LogP contribution in [0.15, 0.2) is 24.3 Å². The van der Waals surface area contributed by atoms with Crippen molar-refractivity contribution in [3.8, 4) is 16.3 Å². The molecule has 1 atom stereocenters. The van der Waals surface area contributed by atoms with Crippen LogP contribution in [0.2, 0.25) is 0 Å². The number of imide groups is 1. The smallest absolute Gasteiger partial charge is 0.351 e. The number of nitrogens with two attached hydrogens (primary N) is 1. The first-order chi connectivity index (χ1) is 12.7. The van der Waals surface area contributed by atoms with Crippen molar-refractivity contribution < 1.29 is 23.9 Å². The zero-order chi connectivity index (χ0) is 20.1. The molecule has 1 aromatic heterocycles. The Labute approximate surface area is 160 Å². The van der Waals surface area contributed by atoms with Gasteiger partial charge in [-0.25, -0.2) is 14.6 Å². The van der Waals surface area contributed by atoms with Gasteiger partial charge in [0.25, 0.3) is 5.91 Å². The van der Waals surface area contributed by atoms with Gasteiger partial charge in [-0.05, 0) is 37.1 Å². The molecule has 0 aliphatic carbocycles. The lowest BCUT2D eigenvalue weighted by molar-refractivity contribution is -0.130. The van der Waals surface area contributed by atoms with Crippen LogP contribution in [-0.4, -0.2) is 36.1 Å². The summed E-state index contributed by atoms with van der Waals surface area (Å²) in [5.74, 6) is -1.07. The number of carbonyl (C=O) groups excluding carboxylic acids is 3. The van der Waals surface area contributed by atoms with Crippen molar-refractivity contribution in [2.24, 2.45) is 11.7 Å². The predicted molar refractivity (Wildman–Crippen MR) is 101 cm³/mol. The highest BCUT2D eigenvalue weighted by Gasteiger charge is 2.29. The number of nitrogens with one attached hydrogen (secondary N) is 1. The monoisotopic (exact) mass is 391 g/mol. The predicted octanol–water partition coefficient (Wildman–Crippen LogP) is 2.50. The molecular formula is C18H21N3O5S. The molecule has 0 saturated heterocycles. The van der Waals surface area contributed by atoms with Crippen molar-refractivity contribution in [2.75, 3.05) is 7.11 Å². The Hall–Kier alpha value is -2.94. The van der Waals surface area contributed by atoms with E-state index >= 15 is 0 Å². The number of carbonyl (C=O) groups is 3. The quantitative estimate of drug-likeness (QED) is 0.730. The molecule has 9 heteroatoms. The molecule has 0 bridgehead atoms. The van der Waals surface area contributed by atoms with Gasteiger partial charge in [-0.3, -0.25) is 10.1 Å². The number of aromatic nitrogens is 1. The van der Waals surface area contributed by atoms with Crippen LogP contribution in [0, 0.1) is 12.8 Å². The highest BCUT2D eigenvalue weighted by molar-refractivity contribution is 7.17. The molecule has 1 heterocycles. The van der Waals surface area contributed by atoms with Gasteiger partial charge in [-0.1, -0.05) is 13.8 Å². The third kappa shape index (κ3) is 5.04. The molecule has 27 heavy (non-hydrogen) atoms. The Kier molecular flexibility index (Phi) is 6.51. The van der Waals surface area contributed by atoms with Gasteiger partial charge in [0.2, 0.25) is 0 Å². The number of methoxy groups -OCH3 is 1. The van der Waals surface area contributed by atoms with E-state index in [1.165, 1.54) is 0 Å². The third-order valence-electron chi connectivity index (χ3n) is 3.66. The molecule has 0 aliphatic heterocycles. The number of urea groups is 1. The van der Waals surface area contributed by atoms with Crippen molar-refractivity contribution in [3.05, 3.63) is 34.8 Å². The Balaban J connectivity index is 2.21. The van der Waals surface area contributed by atoms with Crippen molar-refractivity contribution in [2.45, 2.75) is 26.9 Å². The Morgan fingerprint density at radius 2 is 1.81 bits per heavy atom. The van der Waals surface area contributed by atoms with Crippen LogP contribution in [0.4, 0.5) is 4.79 Å². The van der Waals surface area contributed by atoms with Crippen molar-refractivity contribution in [1.29, 1.82) is 0 Å². The van der Waals surface area contributed by atoms with Crippen molar-refractivity contribution in [1.82, 2.24) is 10.3 Å². The van der Waals surface area contributed by atoms with Gasteiger partial charge < -0.3 is 15.2 Å². The number of ether oxygens (including phenoxy) is 2. The minimum absolute atomic E-state index is 0.290. The maximum absolute atomic E-state index is 12.5. The number of primary amides is 1. The van der Waals surface area contributed by atoms with Gasteiger partial charge in [0.15, 0.2) is 6.10 Å². The van der Waals surface area contributed by atoms with Crippen LogP contribution in [0.1, 0.15) is 29.2 Å². The van der Waals surface area contributed by atoms with Gasteiger partial charge in [-0.2, -0.15) is 0 Å². The Morgan fingerprint density at radius 1 is 1.19 bits per heavy atom. The normalized spacial score (nSPS) is 11.7. The number of esters is 1. The number of nitrogens with zero attached hydrogens (tertiary/aromatic N) is 1. The fourth-order valence-electron chi connectivity index (χ4n) is 2.30. The molecule has 0 aliphatic rings. The molecule has 0 unspecified atom stereocenters. The number of aryl methyl sites for hydroxylation is 1. The summed E-state index contributed by atoms with van der Waals surface area (Å²) < 4.78 is 10.4. The number of hydrogen-bond donors (Lipinski definition) is 2. The van der Waals surface area contributed by atoms with Crippen LogP contribution >= 0.6 is 11.3 Å². The summed E-state index contributed by atoms with van der Waals surface area (Å²) in [6, 6.07) is 6.27. The van der Waals surface area contributed by atoms with Crippen LogP contribution < -0.4 is 15.8 Å². The summed E-state index contributed by atoms with van der Waals surface area (Å²) in [7, 11) is 1.58. The zero-order valence-electron chi connectivity index (χ0n) is 15.4. The second-order valence-electron chi connectivity index (χ2n) is 6.09. The summed E-state index contributed by atoms with van der Waals surface area (Å²) >= 11 is 1.16. The summed E-state index contributed by atoms with van der Waals surface area (Å²) in [4.78, 5) is 40.1. The molecular weight excluding hydrogens is 370 g/mol. The molecule has 0 spiro atoms. The van der Waals surface area contributed by atoms with E-state index < -0.39 is 24.0 Å². The topological polar surface area (TPSA) is 121 Å². The minimum Gasteiger partial charge on any atom is -0.497 e. The molecule has 1 aromatic carbocycles. The molecule has 144 valence electrons. The van der Waals surface area contributed by atoms with Crippen LogP contribution in [0.25, 0.3) is 10.6 Å². The van der Waals surface area contributed by atoms with E-state index in [1.807, 2.05) is 17.4 Å². The molecule has 3 N–H and O–H groups in total. The highest BCUT2D eigenvalue weighted by Crippen LogP contribution is 2.30. The first-order valence-corrected chi connectivity index (χ1v) is 8.97. The Bertz CT molecular complexity index is 845. The Morgan fingerprint density at radius 3 is 2.33 bits per heavy atom. The summed E-state index contributed by atoms with van der Waals surface area (Å²) in [5.41, 5.74) is 6.28. The van der Waals surface area contributed by atoms with E-state index in [2.05, 4.69) is 4.98 Å². The van der Waals surface area contributed by atoms with Crippen LogP contribution in [0.5, 0.6) is 5.75 Å². The van der Waals surface area contributed by atoms with E-state index in [0.29, 0.717) is 21.3 Å². The number of benzene rings is 1. The first-order valence-electron chi connectivity index (χ1n) is 8.16. The fraction of sp³-hybridized carbons (Fsp3) is 0.333. The molecule has 0 saturated carbocycles. The standard InChI is InChI=1S/C18H21N3O5S/c1-9(2)13(15(22)21-18(19)24)26-17(23)14-10(3)20-16(27-14)11-5-7-12(25-4)8-6-11/h5-9,13H,1-4H3,(H3,19,21,22,24)/t13-/m1/s1. The summed E-state index contributed by atoms with van der Waals surface area (Å²) in [6.07, 6.45) is -1.14. The second kappa shape index (κ2) is 8.63. The lowest BCUT2D eigenvalue weighted by atomic mass is 10.1. The largest absolute Gasteiger partial charge is 0.497 e. The summed E-state index contributed by atoms with van der Waals surface area (Å²) in [6.45, 7) is 5.08. The van der Waals surface area contributed by atoms with E-state index in [4.69, 9.17) is 15.2 Å². The van der Waals surface area contributed by atoms with E-state index in [1.54, 1.807) is 40.0 Å². The van der Waals surface area contributed by atoms with Gasteiger partial charge in [0.1, 0.15) is 15.6 Å². The average molecular weight is 391 g/mol. The maximum atomic E-state index is 12.5. The third-order valence-corrected chi connectivity index (χ3v) is 4.85. The molecule has 3 amide bonds. The van der Waals surface area contributed by atoms with Crippen molar-refractivity contribution in [3.63, 3.8) is 0 Å². The van der Waals surface area contributed by atoms with Crippen LogP contribution in [-0.2, 0) is 9.53 Å².